The molecule has 0 aromatic heterocycles. The second-order valence-electron chi connectivity index (χ2n) is 7.65. The number of Topliss-reactive ketones (excluding diaryl/α,β-unsaturated/α-hetero) is 1. The average molecular weight is 464 g/mol. The molecule has 0 radical (unpaired) electrons. The van der Waals surface area contributed by atoms with Crippen molar-refractivity contribution < 1.29 is 24.5 Å². The Labute approximate surface area is 196 Å². The molecule has 4 rings (SSSR count). The summed E-state index contributed by atoms with van der Waals surface area (Å²) in [6.07, 6.45) is 0. The van der Waals surface area contributed by atoms with Crippen LogP contribution in [0.1, 0.15) is 29.7 Å². The molecule has 0 aliphatic carbocycles. The van der Waals surface area contributed by atoms with Gasteiger partial charge in [-0.3, -0.25) is 14.5 Å². The lowest BCUT2D eigenvalue weighted by atomic mass is 9.94. The molecule has 168 valence electrons. The molecule has 1 aliphatic rings. The number of hydrogen-bond donors (Lipinski definition) is 2. The summed E-state index contributed by atoms with van der Waals surface area (Å²) in [7, 11) is 0. The van der Waals surface area contributed by atoms with E-state index in [2.05, 4.69) is 0 Å². The van der Waals surface area contributed by atoms with Crippen LogP contribution in [0.25, 0.3) is 5.76 Å². The molecule has 7 heteroatoms. The minimum absolute atomic E-state index is 0.0422. The Hall–Kier alpha value is -3.77. The summed E-state index contributed by atoms with van der Waals surface area (Å²) in [6.45, 7) is 4.21. The molecule has 1 fully saturated rings. The number of anilines is 1. The van der Waals surface area contributed by atoms with E-state index in [1.165, 1.54) is 17.0 Å². The van der Waals surface area contributed by atoms with Gasteiger partial charge in [0.25, 0.3) is 11.7 Å². The number of carbonyl (C=O) groups is 2. The quantitative estimate of drug-likeness (QED) is 0.301. The summed E-state index contributed by atoms with van der Waals surface area (Å²) in [5.74, 6) is -1.16. The number of carbonyl (C=O) groups excluding carboxylic acids is 2. The van der Waals surface area contributed by atoms with Gasteiger partial charge in [0.1, 0.15) is 17.3 Å². The number of amides is 1. The highest BCUT2D eigenvalue weighted by molar-refractivity contribution is 6.51. The van der Waals surface area contributed by atoms with E-state index in [4.69, 9.17) is 16.3 Å². The van der Waals surface area contributed by atoms with Gasteiger partial charge in [-0.1, -0.05) is 29.8 Å². The molecule has 1 aliphatic heterocycles. The third-order valence-corrected chi connectivity index (χ3v) is 5.72. The molecule has 3 aromatic rings. The van der Waals surface area contributed by atoms with Crippen LogP contribution in [-0.4, -0.2) is 28.5 Å². The van der Waals surface area contributed by atoms with E-state index in [-0.39, 0.29) is 17.1 Å². The molecule has 1 atom stereocenters. The third kappa shape index (κ3) is 4.17. The molecule has 1 unspecified atom stereocenters. The van der Waals surface area contributed by atoms with Gasteiger partial charge in [-0.15, -0.1) is 0 Å². The van der Waals surface area contributed by atoms with Crippen LogP contribution in [0.3, 0.4) is 0 Å². The predicted octanol–water partition coefficient (Wildman–Crippen LogP) is 5.38. The van der Waals surface area contributed by atoms with Crippen molar-refractivity contribution in [2.45, 2.75) is 19.9 Å². The number of rotatable bonds is 5. The number of aromatic hydroxyl groups is 1. The van der Waals surface area contributed by atoms with Gasteiger partial charge >= 0.3 is 0 Å². The average Bonchev–Trinajstić information content (AvgIpc) is 3.06. The van der Waals surface area contributed by atoms with Gasteiger partial charge < -0.3 is 14.9 Å². The Balaban J connectivity index is 1.91. The zero-order valence-electron chi connectivity index (χ0n) is 18.1. The zero-order valence-corrected chi connectivity index (χ0v) is 18.8. The van der Waals surface area contributed by atoms with Gasteiger partial charge in [0.2, 0.25) is 0 Å². The van der Waals surface area contributed by atoms with E-state index < -0.39 is 17.7 Å². The number of benzene rings is 3. The molecular formula is C26H22ClNO5. The number of aliphatic hydroxyl groups excluding tert-OH is 1. The lowest BCUT2D eigenvalue weighted by molar-refractivity contribution is -0.132. The molecule has 33 heavy (non-hydrogen) atoms. The molecule has 1 heterocycles. The Bertz CT molecular complexity index is 1270. The minimum atomic E-state index is -0.907. The first kappa shape index (κ1) is 22.4. The third-order valence-electron chi connectivity index (χ3n) is 5.49. The van der Waals surface area contributed by atoms with Gasteiger partial charge in [-0.2, -0.15) is 0 Å². The van der Waals surface area contributed by atoms with E-state index in [9.17, 15) is 19.8 Å². The number of ketones is 1. The Morgan fingerprint density at radius 2 is 1.79 bits per heavy atom. The topological polar surface area (TPSA) is 87.1 Å². The summed E-state index contributed by atoms with van der Waals surface area (Å²) in [5.41, 5.74) is 2.10. The minimum Gasteiger partial charge on any atom is -0.508 e. The SMILES string of the molecule is CCOc1ccc(/C(O)=C2\C(=O)C(=O)N(c3cccc(Cl)c3)C2c2ccc(O)cc2)cc1C. The molecular weight excluding hydrogens is 442 g/mol. The van der Waals surface area contributed by atoms with Crippen LogP contribution in [0, 0.1) is 6.92 Å². The number of phenols is 1. The van der Waals surface area contributed by atoms with Crippen molar-refractivity contribution >= 4 is 34.7 Å². The Morgan fingerprint density at radius 3 is 2.42 bits per heavy atom. The fraction of sp³-hybridized carbons (Fsp3) is 0.154. The lowest BCUT2D eigenvalue weighted by Crippen LogP contribution is -2.29. The second-order valence-corrected chi connectivity index (χ2v) is 8.09. The smallest absolute Gasteiger partial charge is 0.300 e. The van der Waals surface area contributed by atoms with Gasteiger partial charge in [0.15, 0.2) is 0 Å². The number of phenolic OH excluding ortho intramolecular Hbond substituents is 1. The number of aliphatic hydroxyl groups is 1. The van der Waals surface area contributed by atoms with Crippen LogP contribution in [-0.2, 0) is 9.59 Å². The maximum atomic E-state index is 13.2. The molecule has 6 nitrogen and oxygen atoms in total. The van der Waals surface area contributed by atoms with Crippen molar-refractivity contribution in [3.05, 3.63) is 94.0 Å². The van der Waals surface area contributed by atoms with Gasteiger partial charge in [-0.25, -0.2) is 0 Å². The summed E-state index contributed by atoms with van der Waals surface area (Å²) in [6, 6.07) is 16.9. The zero-order chi connectivity index (χ0) is 23.7. The number of aryl methyl sites for hydroxylation is 1. The van der Waals surface area contributed by atoms with Crippen molar-refractivity contribution in [1.82, 2.24) is 0 Å². The molecule has 0 saturated carbocycles. The molecule has 0 spiro atoms. The van der Waals surface area contributed by atoms with E-state index >= 15 is 0 Å². The second kappa shape index (κ2) is 9.00. The van der Waals surface area contributed by atoms with Crippen LogP contribution in [0.2, 0.25) is 5.02 Å². The van der Waals surface area contributed by atoms with Crippen molar-refractivity contribution in [2.24, 2.45) is 0 Å². The van der Waals surface area contributed by atoms with Crippen molar-refractivity contribution in [3.63, 3.8) is 0 Å². The number of hydrogen-bond acceptors (Lipinski definition) is 5. The number of ether oxygens (including phenoxy) is 1. The summed E-state index contributed by atoms with van der Waals surface area (Å²) < 4.78 is 5.56. The standard InChI is InChI=1S/C26H22ClNO5/c1-3-33-21-12-9-17(13-15(21)2)24(30)22-23(16-7-10-20(29)11-8-16)28(26(32)25(22)31)19-6-4-5-18(27)14-19/h4-14,23,29-30H,3H2,1-2H3/b24-22+. The van der Waals surface area contributed by atoms with Crippen LogP contribution >= 0.6 is 11.6 Å². The highest BCUT2D eigenvalue weighted by Gasteiger charge is 2.47. The van der Waals surface area contributed by atoms with E-state index in [0.29, 0.717) is 34.2 Å². The van der Waals surface area contributed by atoms with E-state index in [0.717, 1.165) is 5.56 Å². The maximum absolute atomic E-state index is 13.2. The monoisotopic (exact) mass is 463 g/mol. The van der Waals surface area contributed by atoms with Crippen molar-refractivity contribution in [2.75, 3.05) is 11.5 Å². The van der Waals surface area contributed by atoms with Crippen LogP contribution in [0.4, 0.5) is 5.69 Å². The van der Waals surface area contributed by atoms with Crippen LogP contribution in [0.15, 0.2) is 72.3 Å². The Morgan fingerprint density at radius 1 is 1.06 bits per heavy atom. The van der Waals surface area contributed by atoms with Crippen molar-refractivity contribution in [3.8, 4) is 11.5 Å². The van der Waals surface area contributed by atoms with Gasteiger partial charge in [0.05, 0.1) is 18.2 Å². The molecule has 2 N–H and O–H groups in total. The summed E-state index contributed by atoms with van der Waals surface area (Å²) in [5, 5.41) is 21.4. The molecule has 0 bridgehead atoms. The highest BCUT2D eigenvalue weighted by atomic mass is 35.5. The highest BCUT2D eigenvalue weighted by Crippen LogP contribution is 2.43. The first-order chi connectivity index (χ1) is 15.8. The summed E-state index contributed by atoms with van der Waals surface area (Å²) >= 11 is 6.15. The van der Waals surface area contributed by atoms with E-state index in [1.807, 2.05) is 13.8 Å². The summed E-state index contributed by atoms with van der Waals surface area (Å²) in [4.78, 5) is 27.6. The molecule has 3 aromatic carbocycles. The number of nitrogens with zero attached hydrogens (tertiary/aromatic N) is 1. The van der Waals surface area contributed by atoms with Crippen molar-refractivity contribution in [1.29, 1.82) is 0 Å². The fourth-order valence-electron chi connectivity index (χ4n) is 3.97. The van der Waals surface area contributed by atoms with Crippen LogP contribution < -0.4 is 9.64 Å². The first-order valence-corrected chi connectivity index (χ1v) is 10.8. The first-order valence-electron chi connectivity index (χ1n) is 10.4. The Kier molecular flexibility index (Phi) is 6.11. The van der Waals surface area contributed by atoms with Gasteiger partial charge in [0, 0.05) is 16.3 Å². The largest absolute Gasteiger partial charge is 0.508 e. The lowest BCUT2D eigenvalue weighted by Gasteiger charge is -2.25. The fourth-order valence-corrected chi connectivity index (χ4v) is 4.15. The van der Waals surface area contributed by atoms with Gasteiger partial charge in [-0.05, 0) is 73.5 Å². The normalized spacial score (nSPS) is 17.4. The maximum Gasteiger partial charge on any atom is 0.300 e. The predicted molar refractivity (Wildman–Crippen MR) is 127 cm³/mol. The van der Waals surface area contributed by atoms with E-state index in [1.54, 1.807) is 54.6 Å². The van der Waals surface area contributed by atoms with Crippen LogP contribution in [0.5, 0.6) is 11.5 Å². The number of halogens is 1. The molecule has 1 amide bonds. The molecule has 1 saturated heterocycles.